The minimum Gasteiger partial charge on any atom is -0.345 e. The van der Waals surface area contributed by atoms with E-state index < -0.39 is 6.04 Å². The summed E-state index contributed by atoms with van der Waals surface area (Å²) < 4.78 is 2.78. The standard InChI is InChI=1S/C13H19BrN4O2/c1-4-9-13(20)15-6-11(19)17(9)7-10-12(14)8(3)16-18(10)5-2/h9H,4-7H2,1-3H3,(H,15,20). The van der Waals surface area contributed by atoms with Gasteiger partial charge in [0.25, 0.3) is 0 Å². The first-order chi connectivity index (χ1) is 9.49. The van der Waals surface area contributed by atoms with E-state index in [-0.39, 0.29) is 18.4 Å². The van der Waals surface area contributed by atoms with E-state index in [1.165, 1.54) is 0 Å². The van der Waals surface area contributed by atoms with E-state index in [4.69, 9.17) is 0 Å². The van der Waals surface area contributed by atoms with E-state index in [0.717, 1.165) is 22.4 Å². The van der Waals surface area contributed by atoms with Crippen LogP contribution >= 0.6 is 15.9 Å². The van der Waals surface area contributed by atoms with Gasteiger partial charge >= 0.3 is 0 Å². The van der Waals surface area contributed by atoms with Gasteiger partial charge in [-0.05, 0) is 36.2 Å². The minimum atomic E-state index is -0.399. The van der Waals surface area contributed by atoms with Gasteiger partial charge in [-0.25, -0.2) is 0 Å². The van der Waals surface area contributed by atoms with Gasteiger partial charge in [0.2, 0.25) is 11.8 Å². The monoisotopic (exact) mass is 342 g/mol. The lowest BCUT2D eigenvalue weighted by molar-refractivity contribution is -0.146. The van der Waals surface area contributed by atoms with E-state index >= 15 is 0 Å². The van der Waals surface area contributed by atoms with E-state index in [1.54, 1.807) is 4.90 Å². The van der Waals surface area contributed by atoms with Crippen LogP contribution in [-0.4, -0.2) is 39.1 Å². The molecule has 2 heterocycles. The molecule has 0 aliphatic carbocycles. The van der Waals surface area contributed by atoms with Crippen LogP contribution in [-0.2, 0) is 22.7 Å². The molecule has 0 aromatic carbocycles. The SMILES string of the molecule is CCC1C(=O)NCC(=O)N1Cc1c(Br)c(C)nn1CC. The molecule has 6 nitrogen and oxygen atoms in total. The molecule has 0 radical (unpaired) electrons. The van der Waals surface area contributed by atoms with Gasteiger partial charge in [0.05, 0.1) is 29.0 Å². The summed E-state index contributed by atoms with van der Waals surface area (Å²) in [4.78, 5) is 25.6. The smallest absolute Gasteiger partial charge is 0.243 e. The molecule has 20 heavy (non-hydrogen) atoms. The average Bonchev–Trinajstić information content (AvgIpc) is 2.70. The third kappa shape index (κ3) is 2.59. The quantitative estimate of drug-likeness (QED) is 0.894. The molecule has 0 spiro atoms. The van der Waals surface area contributed by atoms with Gasteiger partial charge in [0.15, 0.2) is 0 Å². The summed E-state index contributed by atoms with van der Waals surface area (Å²) >= 11 is 3.52. The summed E-state index contributed by atoms with van der Waals surface area (Å²) in [5.41, 5.74) is 1.83. The van der Waals surface area contributed by atoms with Gasteiger partial charge in [-0.3, -0.25) is 14.3 Å². The zero-order chi connectivity index (χ0) is 14.9. The van der Waals surface area contributed by atoms with Crippen molar-refractivity contribution >= 4 is 27.7 Å². The number of amides is 2. The lowest BCUT2D eigenvalue weighted by Gasteiger charge is -2.34. The predicted octanol–water partition coefficient (Wildman–Crippen LogP) is 1.21. The Morgan fingerprint density at radius 1 is 1.40 bits per heavy atom. The van der Waals surface area contributed by atoms with Crippen LogP contribution in [0.4, 0.5) is 0 Å². The highest BCUT2D eigenvalue weighted by atomic mass is 79.9. The van der Waals surface area contributed by atoms with Crippen LogP contribution in [0, 0.1) is 6.92 Å². The van der Waals surface area contributed by atoms with Gasteiger partial charge in [0, 0.05) is 6.54 Å². The lowest BCUT2D eigenvalue weighted by Crippen LogP contribution is -2.57. The summed E-state index contributed by atoms with van der Waals surface area (Å²) in [7, 11) is 0. The number of piperazine rings is 1. The second kappa shape index (κ2) is 5.95. The number of hydrogen-bond acceptors (Lipinski definition) is 3. The van der Waals surface area contributed by atoms with Crippen molar-refractivity contribution in [3.8, 4) is 0 Å². The Morgan fingerprint density at radius 2 is 2.10 bits per heavy atom. The van der Waals surface area contributed by atoms with Crippen molar-refractivity contribution in [2.45, 2.75) is 46.3 Å². The van der Waals surface area contributed by atoms with Crippen molar-refractivity contribution in [2.75, 3.05) is 6.54 Å². The Morgan fingerprint density at radius 3 is 2.70 bits per heavy atom. The van der Waals surface area contributed by atoms with Gasteiger partial charge in [0.1, 0.15) is 6.04 Å². The Balaban J connectivity index is 2.31. The number of halogens is 1. The fourth-order valence-electron chi connectivity index (χ4n) is 2.48. The lowest BCUT2D eigenvalue weighted by atomic mass is 10.1. The molecule has 110 valence electrons. The predicted molar refractivity (Wildman–Crippen MR) is 78.0 cm³/mol. The highest BCUT2D eigenvalue weighted by molar-refractivity contribution is 9.10. The zero-order valence-electron chi connectivity index (χ0n) is 11.9. The topological polar surface area (TPSA) is 67.2 Å². The number of nitrogens with zero attached hydrogens (tertiary/aromatic N) is 3. The molecule has 1 aliphatic rings. The summed E-state index contributed by atoms with van der Waals surface area (Å²) in [6.45, 7) is 7.04. The van der Waals surface area contributed by atoms with E-state index in [9.17, 15) is 9.59 Å². The van der Waals surface area contributed by atoms with Crippen LogP contribution in [0.15, 0.2) is 4.47 Å². The molecule has 1 saturated heterocycles. The molecule has 1 aliphatic heterocycles. The van der Waals surface area contributed by atoms with Gasteiger partial charge in [-0.2, -0.15) is 5.10 Å². The van der Waals surface area contributed by atoms with Crippen LogP contribution in [0.2, 0.25) is 0 Å². The molecule has 2 amide bonds. The molecule has 0 bridgehead atoms. The highest BCUT2D eigenvalue weighted by Gasteiger charge is 2.34. The zero-order valence-corrected chi connectivity index (χ0v) is 13.5. The number of carbonyl (C=O) groups is 2. The third-order valence-corrected chi connectivity index (χ3v) is 4.60. The van der Waals surface area contributed by atoms with Crippen molar-refractivity contribution in [3.05, 3.63) is 15.9 Å². The minimum absolute atomic E-state index is 0.0511. The van der Waals surface area contributed by atoms with Crippen molar-refractivity contribution < 1.29 is 9.59 Å². The molecular formula is C13H19BrN4O2. The van der Waals surface area contributed by atoms with E-state index in [0.29, 0.717) is 13.0 Å². The first-order valence-electron chi connectivity index (χ1n) is 6.78. The first-order valence-corrected chi connectivity index (χ1v) is 7.57. The number of carbonyl (C=O) groups excluding carboxylic acids is 2. The molecule has 2 rings (SSSR count). The average molecular weight is 343 g/mol. The maximum atomic E-state index is 12.1. The van der Waals surface area contributed by atoms with Gasteiger partial charge in [-0.1, -0.05) is 6.92 Å². The van der Waals surface area contributed by atoms with Crippen molar-refractivity contribution in [3.63, 3.8) is 0 Å². The number of hydrogen-bond donors (Lipinski definition) is 1. The summed E-state index contributed by atoms with van der Waals surface area (Å²) in [6.07, 6.45) is 0.606. The van der Waals surface area contributed by atoms with E-state index in [1.807, 2.05) is 25.5 Å². The summed E-state index contributed by atoms with van der Waals surface area (Å²) in [5, 5.41) is 7.05. The third-order valence-electron chi connectivity index (χ3n) is 3.57. The van der Waals surface area contributed by atoms with Crippen LogP contribution in [0.5, 0.6) is 0 Å². The molecule has 1 fully saturated rings. The molecule has 1 unspecified atom stereocenters. The fraction of sp³-hybridized carbons (Fsp3) is 0.615. The van der Waals surface area contributed by atoms with Gasteiger partial charge in [-0.15, -0.1) is 0 Å². The summed E-state index contributed by atoms with van der Waals surface area (Å²) in [6, 6.07) is -0.399. The maximum Gasteiger partial charge on any atom is 0.243 e. The maximum absolute atomic E-state index is 12.1. The van der Waals surface area contributed by atoms with Crippen molar-refractivity contribution in [1.82, 2.24) is 20.0 Å². The van der Waals surface area contributed by atoms with Gasteiger partial charge < -0.3 is 10.2 Å². The summed E-state index contributed by atoms with van der Waals surface area (Å²) in [5.74, 6) is -0.132. The molecule has 0 saturated carbocycles. The number of rotatable bonds is 4. The molecular weight excluding hydrogens is 324 g/mol. The van der Waals surface area contributed by atoms with Crippen molar-refractivity contribution in [2.24, 2.45) is 0 Å². The molecule has 1 aromatic rings. The molecule has 1 N–H and O–H groups in total. The normalized spacial score (nSPS) is 19.4. The van der Waals surface area contributed by atoms with Crippen LogP contribution in [0.1, 0.15) is 31.7 Å². The van der Waals surface area contributed by atoms with Crippen molar-refractivity contribution in [1.29, 1.82) is 0 Å². The van der Waals surface area contributed by atoms with Crippen LogP contribution < -0.4 is 5.32 Å². The number of aromatic nitrogens is 2. The Bertz CT molecular complexity index is 541. The second-order valence-corrected chi connectivity index (χ2v) is 5.62. The molecule has 1 atom stereocenters. The molecule has 1 aromatic heterocycles. The molecule has 7 heteroatoms. The Hall–Kier alpha value is -1.37. The largest absolute Gasteiger partial charge is 0.345 e. The highest BCUT2D eigenvalue weighted by Crippen LogP contribution is 2.24. The number of nitrogens with one attached hydrogen (secondary N) is 1. The number of aryl methyl sites for hydroxylation is 2. The second-order valence-electron chi connectivity index (χ2n) is 4.83. The van der Waals surface area contributed by atoms with E-state index in [2.05, 4.69) is 26.3 Å². The Labute approximate surface area is 126 Å². The van der Waals surface area contributed by atoms with Crippen LogP contribution in [0.25, 0.3) is 0 Å². The fourth-order valence-corrected chi connectivity index (χ4v) is 2.89. The first kappa shape index (κ1) is 15.0. The van der Waals surface area contributed by atoms with Crippen LogP contribution in [0.3, 0.4) is 0 Å². The Kier molecular flexibility index (Phi) is 4.47.